The molecule has 2 aliphatic rings. The quantitative estimate of drug-likeness (QED) is 0.822. The topological polar surface area (TPSA) is 26.8 Å². The third-order valence-corrected chi connectivity index (χ3v) is 4.90. The van der Waals surface area contributed by atoms with E-state index in [1.54, 1.807) is 0 Å². The van der Waals surface area contributed by atoms with E-state index in [1.165, 1.54) is 11.1 Å². The molecule has 0 spiro atoms. The highest BCUT2D eigenvalue weighted by molar-refractivity contribution is 5.77. The van der Waals surface area contributed by atoms with Crippen molar-refractivity contribution >= 4 is 5.91 Å². The SMILES string of the molecule is CN1CCN(C(=O)CC2c3ccccc3CCN2C)CC1. The third-order valence-electron chi connectivity index (χ3n) is 4.90. The molecule has 2 heterocycles. The number of nitrogens with zero attached hydrogens (tertiary/aromatic N) is 3. The zero-order chi connectivity index (χ0) is 14.8. The van der Waals surface area contributed by atoms with Gasteiger partial charge in [0.1, 0.15) is 0 Å². The van der Waals surface area contributed by atoms with E-state index in [0.717, 1.165) is 39.1 Å². The summed E-state index contributed by atoms with van der Waals surface area (Å²) in [4.78, 5) is 19.3. The van der Waals surface area contributed by atoms with Crippen molar-refractivity contribution < 1.29 is 4.79 Å². The van der Waals surface area contributed by atoms with Crippen LogP contribution in [0.5, 0.6) is 0 Å². The van der Waals surface area contributed by atoms with Crippen molar-refractivity contribution in [1.82, 2.24) is 14.7 Å². The van der Waals surface area contributed by atoms with Crippen molar-refractivity contribution in [3.63, 3.8) is 0 Å². The number of piperazine rings is 1. The fourth-order valence-corrected chi connectivity index (χ4v) is 3.39. The van der Waals surface area contributed by atoms with Gasteiger partial charge in [-0.2, -0.15) is 0 Å². The lowest BCUT2D eigenvalue weighted by Gasteiger charge is -2.37. The zero-order valence-electron chi connectivity index (χ0n) is 13.1. The second-order valence-corrected chi connectivity index (χ2v) is 6.33. The molecule has 2 aliphatic heterocycles. The van der Waals surface area contributed by atoms with Crippen molar-refractivity contribution in [2.75, 3.05) is 46.8 Å². The van der Waals surface area contributed by atoms with Gasteiger partial charge < -0.3 is 9.80 Å². The number of benzene rings is 1. The molecule has 0 N–H and O–H groups in total. The van der Waals surface area contributed by atoms with Crippen molar-refractivity contribution in [2.45, 2.75) is 18.9 Å². The number of likely N-dealkylation sites (N-methyl/N-ethyl adjacent to an activating group) is 2. The molecule has 3 rings (SSSR count). The molecule has 21 heavy (non-hydrogen) atoms. The number of carbonyl (C=O) groups is 1. The number of hydrogen-bond donors (Lipinski definition) is 0. The number of rotatable bonds is 2. The van der Waals surface area contributed by atoms with Crippen LogP contribution in [0.4, 0.5) is 0 Å². The highest BCUT2D eigenvalue weighted by atomic mass is 16.2. The standard InChI is InChI=1S/C17H25N3O/c1-18-9-11-20(12-10-18)17(21)13-16-15-6-4-3-5-14(15)7-8-19(16)2/h3-6,16H,7-13H2,1-2H3. The minimum Gasteiger partial charge on any atom is -0.340 e. The van der Waals surface area contributed by atoms with Crippen LogP contribution in [0.1, 0.15) is 23.6 Å². The molecule has 1 amide bonds. The summed E-state index contributed by atoms with van der Waals surface area (Å²) < 4.78 is 0. The molecule has 1 atom stereocenters. The third kappa shape index (κ3) is 3.11. The summed E-state index contributed by atoms with van der Waals surface area (Å²) in [5.41, 5.74) is 2.75. The maximum atomic E-state index is 12.6. The lowest BCUT2D eigenvalue weighted by molar-refractivity contribution is -0.134. The fourth-order valence-electron chi connectivity index (χ4n) is 3.39. The minimum absolute atomic E-state index is 0.238. The molecule has 0 radical (unpaired) electrons. The summed E-state index contributed by atoms with van der Waals surface area (Å²) in [6.07, 6.45) is 1.70. The van der Waals surface area contributed by atoms with E-state index in [0.29, 0.717) is 12.3 Å². The summed E-state index contributed by atoms with van der Waals surface area (Å²) in [7, 11) is 4.25. The van der Waals surface area contributed by atoms with Crippen LogP contribution in [-0.2, 0) is 11.2 Å². The molecular weight excluding hydrogens is 262 g/mol. The predicted molar refractivity (Wildman–Crippen MR) is 84.2 cm³/mol. The maximum Gasteiger partial charge on any atom is 0.224 e. The first-order valence-electron chi connectivity index (χ1n) is 7.89. The van der Waals surface area contributed by atoms with Crippen LogP contribution in [0.15, 0.2) is 24.3 Å². The molecule has 1 aromatic rings. The largest absolute Gasteiger partial charge is 0.340 e. The van der Waals surface area contributed by atoms with Crippen molar-refractivity contribution in [3.8, 4) is 0 Å². The van der Waals surface area contributed by atoms with Crippen molar-refractivity contribution in [2.24, 2.45) is 0 Å². The number of fused-ring (bicyclic) bond motifs is 1. The Bertz CT molecular complexity index is 509. The van der Waals surface area contributed by atoms with E-state index < -0.39 is 0 Å². The van der Waals surface area contributed by atoms with Gasteiger partial charge in [0, 0.05) is 45.2 Å². The Morgan fingerprint density at radius 3 is 2.57 bits per heavy atom. The summed E-state index contributed by atoms with van der Waals surface area (Å²) in [5, 5.41) is 0. The van der Waals surface area contributed by atoms with Crippen molar-refractivity contribution in [3.05, 3.63) is 35.4 Å². The molecule has 1 fully saturated rings. The molecule has 0 aliphatic carbocycles. The second-order valence-electron chi connectivity index (χ2n) is 6.33. The molecule has 0 aromatic heterocycles. The highest BCUT2D eigenvalue weighted by Gasteiger charge is 2.29. The molecule has 1 saturated heterocycles. The maximum absolute atomic E-state index is 12.6. The fraction of sp³-hybridized carbons (Fsp3) is 0.588. The number of carbonyl (C=O) groups excluding carboxylic acids is 1. The molecule has 0 saturated carbocycles. The minimum atomic E-state index is 0.238. The van der Waals surface area contributed by atoms with Gasteiger partial charge in [-0.25, -0.2) is 0 Å². The highest BCUT2D eigenvalue weighted by Crippen LogP contribution is 2.31. The molecule has 114 valence electrons. The predicted octanol–water partition coefficient (Wildman–Crippen LogP) is 1.38. The van der Waals surface area contributed by atoms with Gasteiger partial charge in [-0.1, -0.05) is 24.3 Å². The van der Waals surface area contributed by atoms with E-state index >= 15 is 0 Å². The molecule has 0 bridgehead atoms. The van der Waals surface area contributed by atoms with Crippen LogP contribution in [0.3, 0.4) is 0 Å². The van der Waals surface area contributed by atoms with E-state index in [2.05, 4.69) is 48.2 Å². The van der Waals surface area contributed by atoms with E-state index in [4.69, 9.17) is 0 Å². The molecule has 1 aromatic carbocycles. The van der Waals surface area contributed by atoms with Gasteiger partial charge in [0.15, 0.2) is 0 Å². The van der Waals surface area contributed by atoms with Gasteiger partial charge >= 0.3 is 0 Å². The Hall–Kier alpha value is -1.39. The number of amides is 1. The first kappa shape index (κ1) is 14.5. The first-order valence-corrected chi connectivity index (χ1v) is 7.89. The average molecular weight is 287 g/mol. The summed E-state index contributed by atoms with van der Waals surface area (Å²) in [6.45, 7) is 4.75. The summed E-state index contributed by atoms with van der Waals surface area (Å²) in [6, 6.07) is 8.82. The Kier molecular flexibility index (Phi) is 4.27. The van der Waals surface area contributed by atoms with Gasteiger partial charge in [0.05, 0.1) is 0 Å². The van der Waals surface area contributed by atoms with E-state index in [1.807, 2.05) is 4.90 Å². The Balaban J connectivity index is 1.70. The molecule has 4 heteroatoms. The second kappa shape index (κ2) is 6.16. The normalized spacial score (nSPS) is 23.9. The summed E-state index contributed by atoms with van der Waals surface area (Å²) >= 11 is 0. The average Bonchev–Trinajstić information content (AvgIpc) is 2.51. The lowest BCUT2D eigenvalue weighted by Crippen LogP contribution is -2.48. The Labute approximate surface area is 127 Å². The van der Waals surface area contributed by atoms with Crippen LogP contribution in [0.2, 0.25) is 0 Å². The van der Waals surface area contributed by atoms with Crippen LogP contribution >= 0.6 is 0 Å². The molecule has 1 unspecified atom stereocenters. The molecular formula is C17H25N3O. The summed E-state index contributed by atoms with van der Waals surface area (Å²) in [5.74, 6) is 0.302. The Morgan fingerprint density at radius 1 is 1.10 bits per heavy atom. The van der Waals surface area contributed by atoms with Gasteiger partial charge in [-0.05, 0) is 31.6 Å². The zero-order valence-corrected chi connectivity index (χ0v) is 13.1. The van der Waals surface area contributed by atoms with Gasteiger partial charge in [0.2, 0.25) is 5.91 Å². The van der Waals surface area contributed by atoms with Crippen LogP contribution < -0.4 is 0 Å². The number of hydrogen-bond acceptors (Lipinski definition) is 3. The van der Waals surface area contributed by atoms with Gasteiger partial charge in [-0.3, -0.25) is 9.69 Å². The van der Waals surface area contributed by atoms with Crippen LogP contribution in [-0.4, -0.2) is 67.4 Å². The Morgan fingerprint density at radius 2 is 1.81 bits per heavy atom. The first-order chi connectivity index (χ1) is 10.1. The van der Waals surface area contributed by atoms with E-state index in [-0.39, 0.29) is 6.04 Å². The van der Waals surface area contributed by atoms with Gasteiger partial charge in [0.25, 0.3) is 0 Å². The van der Waals surface area contributed by atoms with Crippen molar-refractivity contribution in [1.29, 1.82) is 0 Å². The monoisotopic (exact) mass is 287 g/mol. The van der Waals surface area contributed by atoms with Crippen LogP contribution in [0.25, 0.3) is 0 Å². The smallest absolute Gasteiger partial charge is 0.224 e. The van der Waals surface area contributed by atoms with Gasteiger partial charge in [-0.15, -0.1) is 0 Å². The van der Waals surface area contributed by atoms with Crippen LogP contribution in [0, 0.1) is 0 Å². The lowest BCUT2D eigenvalue weighted by atomic mass is 9.91. The van der Waals surface area contributed by atoms with E-state index in [9.17, 15) is 4.79 Å². The molecule has 4 nitrogen and oxygen atoms in total.